The van der Waals surface area contributed by atoms with Crippen LogP contribution in [0, 0.1) is 5.92 Å². The van der Waals surface area contributed by atoms with Crippen molar-refractivity contribution in [2.24, 2.45) is 10.9 Å². The van der Waals surface area contributed by atoms with Crippen molar-refractivity contribution in [3.8, 4) is 0 Å². The van der Waals surface area contributed by atoms with Gasteiger partial charge in [0.15, 0.2) is 11.3 Å². The second-order valence-electron chi connectivity index (χ2n) is 4.72. The van der Waals surface area contributed by atoms with Gasteiger partial charge in [-0.25, -0.2) is 0 Å². The number of nitrogens with one attached hydrogen (secondary N) is 1. The zero-order chi connectivity index (χ0) is 14.4. The first-order valence-electron chi connectivity index (χ1n) is 5.76. The number of amidine groups is 1. The fourth-order valence-electron chi connectivity index (χ4n) is 2.54. The minimum Gasteiger partial charge on any atom is -0.390 e. The van der Waals surface area contributed by atoms with E-state index in [-0.39, 0.29) is 11.7 Å². The maximum absolute atomic E-state index is 12.5. The molecule has 0 radical (unpaired) electrons. The summed E-state index contributed by atoms with van der Waals surface area (Å²) in [7, 11) is 1.53. The molecule has 1 saturated carbocycles. The van der Waals surface area contributed by atoms with Crippen molar-refractivity contribution >= 4 is 16.9 Å². The molecule has 1 heterocycles. The molecule has 110 valence electrons. The van der Waals surface area contributed by atoms with Crippen LogP contribution in [0.5, 0.6) is 0 Å². The van der Waals surface area contributed by atoms with Gasteiger partial charge in [0.25, 0.3) is 0 Å². The van der Waals surface area contributed by atoms with Gasteiger partial charge in [0, 0.05) is 18.2 Å². The first-order valence-corrected chi connectivity index (χ1v) is 6.64. The molecule has 1 aliphatic carbocycles. The van der Waals surface area contributed by atoms with Gasteiger partial charge >= 0.3 is 6.18 Å². The second-order valence-corrected chi connectivity index (χ2v) is 5.95. The molecule has 0 unspecified atom stereocenters. The highest BCUT2D eigenvalue weighted by Gasteiger charge is 2.54. The molecule has 0 aromatic rings. The largest absolute Gasteiger partial charge is 0.414 e. The van der Waals surface area contributed by atoms with Crippen LogP contribution in [0.4, 0.5) is 13.2 Å². The average Bonchev–Trinajstić information content (AvgIpc) is 2.75. The Morgan fingerprint density at radius 3 is 2.53 bits per heavy atom. The fraction of sp³-hybridized carbons (Fsp3) is 0.900. The number of aliphatic imine (C=N–C) groups is 1. The normalized spacial score (nSPS) is 42.9. The van der Waals surface area contributed by atoms with Crippen LogP contribution in [0.1, 0.15) is 6.42 Å². The molecule has 4 N–H and O–H groups in total. The highest BCUT2D eigenvalue weighted by Crippen LogP contribution is 2.41. The fourth-order valence-corrected chi connectivity index (χ4v) is 3.83. The number of alkyl halides is 3. The number of halogens is 3. The van der Waals surface area contributed by atoms with Crippen LogP contribution in [-0.4, -0.2) is 63.3 Å². The topological polar surface area (TPSA) is 85.1 Å². The van der Waals surface area contributed by atoms with Crippen molar-refractivity contribution in [1.29, 1.82) is 0 Å². The van der Waals surface area contributed by atoms with Gasteiger partial charge in [-0.1, -0.05) is 11.8 Å². The van der Waals surface area contributed by atoms with E-state index in [1.807, 2.05) is 0 Å². The van der Waals surface area contributed by atoms with Crippen molar-refractivity contribution in [2.75, 3.05) is 7.05 Å². The lowest BCUT2D eigenvalue weighted by Gasteiger charge is -2.41. The Kier molecular flexibility index (Phi) is 4.01. The molecule has 5 nitrogen and oxygen atoms in total. The molecule has 1 saturated heterocycles. The van der Waals surface area contributed by atoms with Crippen LogP contribution in [0.2, 0.25) is 0 Å². The number of aliphatic hydroxyl groups excluding tert-OH is 3. The van der Waals surface area contributed by atoms with Gasteiger partial charge in [-0.2, -0.15) is 13.2 Å². The van der Waals surface area contributed by atoms with Crippen molar-refractivity contribution in [3.05, 3.63) is 0 Å². The van der Waals surface area contributed by atoms with Crippen LogP contribution >= 0.6 is 11.8 Å². The van der Waals surface area contributed by atoms with Gasteiger partial charge in [-0.3, -0.25) is 4.99 Å². The number of thioether (sulfide) groups is 1. The number of nitrogens with zero attached hydrogens (tertiary/aromatic N) is 1. The van der Waals surface area contributed by atoms with E-state index in [2.05, 4.69) is 10.3 Å². The summed E-state index contributed by atoms with van der Waals surface area (Å²) >= 11 is 1.22. The standard InChI is InChI=1S/C10H15F3N2O3S/c1-14-9-15-5-4(19-9)2-3(6(16)7(5)17)8(18)10(11,12)13/h3-8,16-18H,2H2,1H3,(H,14,15)/t3-,4-,5-,6+,7+,8+/m0/s1. The molecule has 19 heavy (non-hydrogen) atoms. The van der Waals surface area contributed by atoms with Gasteiger partial charge in [0.05, 0.1) is 12.1 Å². The zero-order valence-corrected chi connectivity index (χ0v) is 10.8. The summed E-state index contributed by atoms with van der Waals surface area (Å²) in [6, 6.07) is -0.546. The van der Waals surface area contributed by atoms with E-state index in [1.54, 1.807) is 0 Å². The zero-order valence-electron chi connectivity index (χ0n) is 10.0. The Morgan fingerprint density at radius 2 is 2.00 bits per heavy atom. The number of aliphatic hydroxyl groups is 3. The van der Waals surface area contributed by atoms with Gasteiger partial charge < -0.3 is 20.6 Å². The van der Waals surface area contributed by atoms with E-state index < -0.39 is 36.4 Å². The van der Waals surface area contributed by atoms with E-state index in [4.69, 9.17) is 0 Å². The molecule has 1 aliphatic heterocycles. The third-order valence-corrected chi connectivity index (χ3v) is 4.87. The lowest BCUT2D eigenvalue weighted by Crippen LogP contribution is -2.59. The Labute approximate surface area is 111 Å². The molecule has 2 rings (SSSR count). The SMILES string of the molecule is CN=C1N[C@@H]2[C@@H](O)[C@H](O)[C@@H]([C@@H](O)C(F)(F)F)C[C@@H]2S1. The minimum absolute atomic E-state index is 0.0414. The molecule has 0 bridgehead atoms. The third kappa shape index (κ3) is 2.69. The Bertz CT molecular complexity index is 380. The molecule has 0 aromatic carbocycles. The summed E-state index contributed by atoms with van der Waals surface area (Å²) < 4.78 is 37.6. The number of fused-ring (bicyclic) bond motifs is 1. The minimum atomic E-state index is -4.81. The van der Waals surface area contributed by atoms with Crippen molar-refractivity contribution in [2.45, 2.75) is 42.2 Å². The predicted octanol–water partition coefficient (Wildman–Crippen LogP) is -0.289. The number of rotatable bonds is 1. The summed E-state index contributed by atoms with van der Waals surface area (Å²) in [5.74, 6) is -1.43. The average molecular weight is 300 g/mol. The van der Waals surface area contributed by atoms with Crippen molar-refractivity contribution in [1.82, 2.24) is 5.32 Å². The lowest BCUT2D eigenvalue weighted by atomic mass is 9.78. The molecular weight excluding hydrogens is 285 g/mol. The smallest absolute Gasteiger partial charge is 0.390 e. The van der Waals surface area contributed by atoms with Crippen molar-refractivity contribution in [3.63, 3.8) is 0 Å². The highest BCUT2D eigenvalue weighted by molar-refractivity contribution is 8.14. The molecule has 0 aromatic heterocycles. The van der Waals surface area contributed by atoms with Crippen LogP contribution < -0.4 is 5.32 Å². The van der Waals surface area contributed by atoms with E-state index in [0.29, 0.717) is 5.17 Å². The molecule has 6 atom stereocenters. The van der Waals surface area contributed by atoms with E-state index >= 15 is 0 Å². The van der Waals surface area contributed by atoms with E-state index in [0.717, 1.165) is 0 Å². The van der Waals surface area contributed by atoms with Gasteiger partial charge in [-0.05, 0) is 6.42 Å². The first kappa shape index (κ1) is 14.9. The number of hydrogen-bond donors (Lipinski definition) is 4. The lowest BCUT2D eigenvalue weighted by molar-refractivity contribution is -0.238. The monoisotopic (exact) mass is 300 g/mol. The first-order chi connectivity index (χ1) is 8.75. The second kappa shape index (κ2) is 5.12. The van der Waals surface area contributed by atoms with E-state index in [9.17, 15) is 28.5 Å². The molecule has 2 fully saturated rings. The van der Waals surface area contributed by atoms with Crippen LogP contribution in [0.25, 0.3) is 0 Å². The summed E-state index contributed by atoms with van der Waals surface area (Å²) in [5, 5.41) is 32.0. The van der Waals surface area contributed by atoms with Gasteiger partial charge in [-0.15, -0.1) is 0 Å². The predicted molar refractivity (Wildman–Crippen MR) is 63.8 cm³/mol. The van der Waals surface area contributed by atoms with Gasteiger partial charge in [0.1, 0.15) is 6.10 Å². The Balaban J connectivity index is 2.17. The maximum atomic E-state index is 12.5. The molecule has 0 spiro atoms. The quantitative estimate of drug-likeness (QED) is 0.535. The third-order valence-electron chi connectivity index (χ3n) is 3.56. The van der Waals surface area contributed by atoms with Crippen LogP contribution in [0.3, 0.4) is 0 Å². The van der Waals surface area contributed by atoms with Crippen LogP contribution in [0.15, 0.2) is 4.99 Å². The Hall–Kier alpha value is -0.510. The summed E-state index contributed by atoms with van der Waals surface area (Å²) in [6.45, 7) is 0. The molecule has 0 amide bonds. The molecule has 2 aliphatic rings. The van der Waals surface area contributed by atoms with E-state index in [1.165, 1.54) is 18.8 Å². The summed E-state index contributed by atoms with van der Waals surface area (Å²) in [5.41, 5.74) is 0. The molecule has 9 heteroatoms. The van der Waals surface area contributed by atoms with Crippen molar-refractivity contribution < 1.29 is 28.5 Å². The molecular formula is C10H15F3N2O3S. The summed E-state index contributed by atoms with van der Waals surface area (Å²) in [4.78, 5) is 3.88. The highest BCUT2D eigenvalue weighted by atomic mass is 32.2. The summed E-state index contributed by atoms with van der Waals surface area (Å²) in [6.07, 6.45) is -10.5. The van der Waals surface area contributed by atoms with Crippen LogP contribution in [-0.2, 0) is 0 Å². The Morgan fingerprint density at radius 1 is 1.37 bits per heavy atom. The maximum Gasteiger partial charge on any atom is 0.414 e. The number of hydrogen-bond acceptors (Lipinski definition) is 5. The van der Waals surface area contributed by atoms with Gasteiger partial charge in [0.2, 0.25) is 0 Å².